The second-order valence-corrected chi connectivity index (χ2v) is 12.5. The van der Waals surface area contributed by atoms with Gasteiger partial charge in [0.05, 0.1) is 23.6 Å². The van der Waals surface area contributed by atoms with E-state index in [0.717, 1.165) is 71.0 Å². The molecule has 46 heavy (non-hydrogen) atoms. The van der Waals surface area contributed by atoms with E-state index in [-0.39, 0.29) is 11.7 Å². The molecule has 1 atom stereocenters. The first-order chi connectivity index (χ1) is 22.3. The number of rotatable bonds is 5. The number of aromatic nitrogens is 6. The molecule has 3 N–H and O–H groups in total. The van der Waals surface area contributed by atoms with Crippen LogP contribution in [-0.2, 0) is 19.3 Å². The fourth-order valence-electron chi connectivity index (χ4n) is 6.71. The highest BCUT2D eigenvalue weighted by Gasteiger charge is 2.25. The first kappa shape index (κ1) is 29.8. The number of amides is 1. The molecule has 0 bridgehead atoms. The summed E-state index contributed by atoms with van der Waals surface area (Å²) in [6.45, 7) is 9.11. The van der Waals surface area contributed by atoms with Gasteiger partial charge >= 0.3 is 0 Å². The van der Waals surface area contributed by atoms with E-state index < -0.39 is 5.82 Å². The highest BCUT2D eigenvalue weighted by Crippen LogP contribution is 2.34. The number of aryl methyl sites for hydroxylation is 1. The van der Waals surface area contributed by atoms with Crippen molar-refractivity contribution in [2.45, 2.75) is 33.1 Å². The Balaban J connectivity index is 1.04. The summed E-state index contributed by atoms with van der Waals surface area (Å²) in [4.78, 5) is 37.3. The summed E-state index contributed by atoms with van der Waals surface area (Å²) in [6, 6.07) is 8.70. The summed E-state index contributed by atoms with van der Waals surface area (Å²) in [7, 11) is 2.14. The van der Waals surface area contributed by atoms with Crippen molar-refractivity contribution in [3.63, 3.8) is 0 Å². The lowest BCUT2D eigenvalue weighted by molar-refractivity contribution is 0.0756. The van der Waals surface area contributed by atoms with Crippen LogP contribution >= 0.6 is 0 Å². The topological polar surface area (TPSA) is 130 Å². The van der Waals surface area contributed by atoms with Gasteiger partial charge in [0, 0.05) is 63.2 Å². The summed E-state index contributed by atoms with van der Waals surface area (Å²) in [6.07, 6.45) is 5.24. The van der Waals surface area contributed by atoms with Crippen molar-refractivity contribution >= 4 is 22.6 Å². The Bertz CT molecular complexity index is 1880. The van der Waals surface area contributed by atoms with Gasteiger partial charge in [0.15, 0.2) is 17.4 Å². The zero-order chi connectivity index (χ0) is 31.9. The smallest absolute Gasteiger partial charge is 0.274 e. The van der Waals surface area contributed by atoms with Gasteiger partial charge in [0.25, 0.3) is 5.91 Å². The number of carbonyl (C=O) groups excluding carboxylic acids is 1. The van der Waals surface area contributed by atoms with E-state index in [9.17, 15) is 14.3 Å². The number of carbonyl (C=O) groups is 1. The molecule has 0 spiro atoms. The number of likely N-dealkylation sites (N-methyl/N-ethyl adjacent to an activating group) is 1. The Labute approximate surface area is 266 Å². The molecule has 1 saturated heterocycles. The summed E-state index contributed by atoms with van der Waals surface area (Å²) in [5.74, 6) is 0.891. The van der Waals surface area contributed by atoms with Gasteiger partial charge in [-0.3, -0.25) is 9.89 Å². The van der Waals surface area contributed by atoms with Gasteiger partial charge < -0.3 is 24.8 Å². The Morgan fingerprint density at radius 1 is 1.07 bits per heavy atom. The molecule has 1 fully saturated rings. The Morgan fingerprint density at radius 3 is 2.72 bits per heavy atom. The molecule has 0 aliphatic carbocycles. The summed E-state index contributed by atoms with van der Waals surface area (Å²) >= 11 is 0. The zero-order valence-electron chi connectivity index (χ0n) is 26.3. The van der Waals surface area contributed by atoms with Crippen LogP contribution in [-0.4, -0.2) is 97.3 Å². The molecule has 2 aliphatic heterocycles. The zero-order valence-corrected chi connectivity index (χ0v) is 26.3. The van der Waals surface area contributed by atoms with Gasteiger partial charge in [0.2, 0.25) is 0 Å². The Hall–Kier alpha value is -4.84. The number of nitrogens with one attached hydrogen (secondary N) is 2. The number of imidazole rings is 1. The second kappa shape index (κ2) is 12.2. The lowest BCUT2D eigenvalue weighted by Gasteiger charge is -2.23. The Morgan fingerprint density at radius 2 is 1.91 bits per heavy atom. The first-order valence-electron chi connectivity index (χ1n) is 15.9. The number of benzene rings is 2. The van der Waals surface area contributed by atoms with Crippen LogP contribution in [0.2, 0.25) is 0 Å². The molecule has 238 valence electrons. The third kappa shape index (κ3) is 5.68. The highest BCUT2D eigenvalue weighted by molar-refractivity contribution is 5.94. The summed E-state index contributed by atoms with van der Waals surface area (Å²) in [5.41, 5.74) is 6.21. The first-order valence-corrected chi connectivity index (χ1v) is 15.9. The van der Waals surface area contributed by atoms with Crippen molar-refractivity contribution in [2.75, 3.05) is 51.2 Å². The van der Waals surface area contributed by atoms with E-state index in [0.29, 0.717) is 55.5 Å². The van der Waals surface area contributed by atoms with Crippen LogP contribution in [0.15, 0.2) is 42.7 Å². The van der Waals surface area contributed by atoms with E-state index in [2.05, 4.69) is 48.9 Å². The molecule has 1 amide bonds. The number of anilines is 1. The third-order valence-corrected chi connectivity index (χ3v) is 9.14. The van der Waals surface area contributed by atoms with Crippen molar-refractivity contribution in [3.05, 3.63) is 71.2 Å². The molecule has 5 heterocycles. The Kier molecular flexibility index (Phi) is 7.89. The predicted molar refractivity (Wildman–Crippen MR) is 174 cm³/mol. The van der Waals surface area contributed by atoms with E-state index in [4.69, 9.17) is 4.98 Å². The molecule has 0 saturated carbocycles. The molecular weight excluding hydrogens is 585 g/mol. The molecule has 2 aliphatic rings. The van der Waals surface area contributed by atoms with Crippen LogP contribution in [0.25, 0.3) is 33.5 Å². The fraction of sp³-hybridized carbons (Fsp3) is 0.382. The van der Waals surface area contributed by atoms with Crippen LogP contribution in [0.1, 0.15) is 41.3 Å². The third-order valence-electron chi connectivity index (χ3n) is 9.14. The molecule has 12 heteroatoms. The molecule has 0 radical (unpaired) electrons. The number of nitrogens with zero attached hydrogens (tertiary/aromatic N) is 7. The predicted octanol–water partition coefficient (Wildman–Crippen LogP) is 4.45. The van der Waals surface area contributed by atoms with Gasteiger partial charge in [0.1, 0.15) is 17.2 Å². The van der Waals surface area contributed by atoms with Crippen molar-refractivity contribution in [1.29, 1.82) is 0 Å². The molecular formula is C34H38FN9O2. The fourth-order valence-corrected chi connectivity index (χ4v) is 6.71. The summed E-state index contributed by atoms with van der Waals surface area (Å²) in [5, 5.41) is 18.4. The SMILES string of the molecule is CCc1cc(O)c(F)cc1-c1ccc2c(-c3nc4c([nH]3)CCN(C(=O)c3cnc(N5CCN(C)C[C@@H](C)C5)cn3)CC4)n[nH]c2c1. The lowest BCUT2D eigenvalue weighted by atomic mass is 9.96. The van der Waals surface area contributed by atoms with E-state index in [1.807, 2.05) is 30.0 Å². The molecule has 7 rings (SSSR count). The maximum atomic E-state index is 14.2. The molecule has 3 aromatic heterocycles. The molecule has 5 aromatic rings. The highest BCUT2D eigenvalue weighted by atomic mass is 19.1. The number of hydrogen-bond donors (Lipinski definition) is 3. The average molecular weight is 624 g/mol. The molecule has 0 unspecified atom stereocenters. The van der Waals surface area contributed by atoms with Crippen LogP contribution in [0.4, 0.5) is 10.2 Å². The van der Waals surface area contributed by atoms with Crippen molar-refractivity contribution in [2.24, 2.45) is 5.92 Å². The standard InChI is InChI=1S/C34H38FN9O2/c1-4-21-14-30(45)25(35)15-24(21)22-5-6-23-28(13-22)40-41-32(23)33-38-26-7-9-43(10-8-27(26)39-33)34(46)29-16-37-31(17-36-29)44-12-11-42(3)18-20(2)19-44/h5-6,13-17,20,45H,4,7-12,18-19H2,1-3H3,(H,38,39)(H,40,41)/t20-/m1/s1. The van der Waals surface area contributed by atoms with Crippen LogP contribution in [0.5, 0.6) is 5.75 Å². The quantitative estimate of drug-likeness (QED) is 0.262. The van der Waals surface area contributed by atoms with Crippen LogP contribution in [0, 0.1) is 11.7 Å². The minimum atomic E-state index is -0.646. The number of aromatic amines is 2. The van der Waals surface area contributed by atoms with Gasteiger partial charge in [-0.15, -0.1) is 0 Å². The number of aromatic hydroxyl groups is 1. The molecule has 11 nitrogen and oxygen atoms in total. The number of H-pyrrole nitrogens is 2. The van der Waals surface area contributed by atoms with Gasteiger partial charge in [-0.25, -0.2) is 19.3 Å². The number of halogens is 1. The van der Waals surface area contributed by atoms with Crippen LogP contribution in [0.3, 0.4) is 0 Å². The maximum Gasteiger partial charge on any atom is 0.274 e. The van der Waals surface area contributed by atoms with Gasteiger partial charge in [-0.2, -0.15) is 5.10 Å². The minimum absolute atomic E-state index is 0.123. The average Bonchev–Trinajstić information content (AvgIpc) is 3.55. The number of fused-ring (bicyclic) bond motifs is 2. The van der Waals surface area contributed by atoms with Crippen molar-refractivity contribution < 1.29 is 14.3 Å². The summed E-state index contributed by atoms with van der Waals surface area (Å²) < 4.78 is 14.2. The van der Waals surface area contributed by atoms with Crippen molar-refractivity contribution in [3.8, 4) is 28.4 Å². The van der Waals surface area contributed by atoms with Gasteiger partial charge in [-0.05, 0) is 60.3 Å². The maximum absolute atomic E-state index is 14.2. The van der Waals surface area contributed by atoms with Crippen LogP contribution < -0.4 is 4.90 Å². The number of phenols is 1. The van der Waals surface area contributed by atoms with Gasteiger partial charge in [-0.1, -0.05) is 19.9 Å². The lowest BCUT2D eigenvalue weighted by Crippen LogP contribution is -2.34. The van der Waals surface area contributed by atoms with E-state index in [1.54, 1.807) is 12.4 Å². The van der Waals surface area contributed by atoms with Crippen molar-refractivity contribution in [1.82, 2.24) is 39.9 Å². The second-order valence-electron chi connectivity index (χ2n) is 12.5. The van der Waals surface area contributed by atoms with E-state index >= 15 is 0 Å². The largest absolute Gasteiger partial charge is 0.505 e. The number of hydrogen-bond acceptors (Lipinski definition) is 8. The number of phenolic OH excluding ortho intramolecular Hbond substituents is 1. The minimum Gasteiger partial charge on any atom is -0.505 e. The molecule has 2 aromatic carbocycles. The monoisotopic (exact) mass is 623 g/mol. The normalized spacial score (nSPS) is 17.6. The van der Waals surface area contributed by atoms with E-state index in [1.165, 1.54) is 12.1 Å².